The molecule has 5 rings (SSSR count). The second kappa shape index (κ2) is 11.9. The maximum Gasteiger partial charge on any atom is 0.270 e. The summed E-state index contributed by atoms with van der Waals surface area (Å²) in [4.78, 5) is 40.2. The van der Waals surface area contributed by atoms with Crippen LogP contribution in [0.2, 0.25) is 0 Å². The molecule has 1 aliphatic rings. The van der Waals surface area contributed by atoms with E-state index in [0.717, 1.165) is 34.0 Å². The summed E-state index contributed by atoms with van der Waals surface area (Å²) in [5.41, 5.74) is 8.74. The Bertz CT molecular complexity index is 1600. The zero-order valence-electron chi connectivity index (χ0n) is 24.6. The van der Waals surface area contributed by atoms with Gasteiger partial charge in [0, 0.05) is 41.3 Å². The van der Waals surface area contributed by atoms with Crippen molar-refractivity contribution in [3.8, 4) is 11.5 Å². The molecular weight excluding hydrogens is 528 g/mol. The van der Waals surface area contributed by atoms with E-state index in [1.165, 1.54) is 0 Å². The molecule has 4 aromatic rings. The summed E-state index contributed by atoms with van der Waals surface area (Å²) in [5.74, 6) is 0.759. The summed E-state index contributed by atoms with van der Waals surface area (Å²) >= 11 is 0. The minimum atomic E-state index is -0.489. The maximum atomic E-state index is 13.0. The van der Waals surface area contributed by atoms with Crippen molar-refractivity contribution in [3.05, 3.63) is 107 Å². The molecule has 216 valence electrons. The number of nitrogens with one attached hydrogen (secondary N) is 2. The third-order valence-corrected chi connectivity index (χ3v) is 7.56. The van der Waals surface area contributed by atoms with Crippen LogP contribution in [0.5, 0.6) is 11.5 Å². The van der Waals surface area contributed by atoms with Gasteiger partial charge in [0.15, 0.2) is 0 Å². The Balaban J connectivity index is 1.18. The highest BCUT2D eigenvalue weighted by atomic mass is 16.5. The van der Waals surface area contributed by atoms with Gasteiger partial charge in [0.05, 0.1) is 5.92 Å². The Morgan fingerprint density at radius 2 is 1.55 bits per heavy atom. The Hall–Kier alpha value is -4.85. The van der Waals surface area contributed by atoms with Crippen LogP contribution in [0.3, 0.4) is 0 Å². The van der Waals surface area contributed by atoms with Gasteiger partial charge >= 0.3 is 0 Å². The summed E-state index contributed by atoms with van der Waals surface area (Å²) in [7, 11) is 0. The molecule has 1 saturated heterocycles. The first-order valence-corrected chi connectivity index (χ1v) is 14.1. The lowest BCUT2D eigenvalue weighted by molar-refractivity contribution is -0.122. The second-order valence-electron chi connectivity index (χ2n) is 11.2. The van der Waals surface area contributed by atoms with Crippen molar-refractivity contribution in [1.82, 2.24) is 4.68 Å². The number of aryl methyl sites for hydroxylation is 3. The molecule has 0 saturated carbocycles. The predicted molar refractivity (Wildman–Crippen MR) is 165 cm³/mol. The van der Waals surface area contributed by atoms with Crippen LogP contribution in [0.25, 0.3) is 0 Å². The first-order valence-electron chi connectivity index (χ1n) is 14.1. The fourth-order valence-electron chi connectivity index (χ4n) is 5.12. The molecule has 42 heavy (non-hydrogen) atoms. The molecule has 3 amide bonds. The summed E-state index contributed by atoms with van der Waals surface area (Å²) in [6, 6.07) is 24.2. The van der Waals surface area contributed by atoms with Crippen molar-refractivity contribution in [1.29, 1.82) is 0 Å². The van der Waals surface area contributed by atoms with Crippen LogP contribution in [-0.2, 0) is 9.59 Å². The molecule has 2 N–H and O–H groups in total. The summed E-state index contributed by atoms with van der Waals surface area (Å²) in [5, 5.41) is 2.89. The normalized spacial score (nSPS) is 14.8. The molecular formula is C34H36N4O4. The van der Waals surface area contributed by atoms with Gasteiger partial charge in [-0.15, -0.1) is 0 Å². The standard InChI is InChI=1S/C34H36N4O4/c1-21(2)30-17-6-22(3)18-31(30)42-29-15-13-28(14-16-29)37-20-26(19-32(37)39)33(40)35-27-11-9-25(10-12-27)34(41)36-38-23(4)7-8-24(38)5/h6-18,21,26H,19-20H2,1-5H3,(H,35,40)(H,36,41)/t26-/m0/s1. The van der Waals surface area contributed by atoms with E-state index in [1.54, 1.807) is 33.8 Å². The van der Waals surface area contributed by atoms with E-state index in [1.807, 2.05) is 63.2 Å². The van der Waals surface area contributed by atoms with E-state index < -0.39 is 5.92 Å². The van der Waals surface area contributed by atoms with Crippen molar-refractivity contribution in [2.24, 2.45) is 5.92 Å². The van der Waals surface area contributed by atoms with Crippen molar-refractivity contribution in [2.45, 2.75) is 47.0 Å². The van der Waals surface area contributed by atoms with Gasteiger partial charge in [0.1, 0.15) is 11.5 Å². The minimum Gasteiger partial charge on any atom is -0.457 e. The Morgan fingerprint density at radius 3 is 2.19 bits per heavy atom. The third kappa shape index (κ3) is 6.22. The number of anilines is 2. The van der Waals surface area contributed by atoms with Gasteiger partial charge in [-0.1, -0.05) is 26.0 Å². The maximum absolute atomic E-state index is 13.0. The third-order valence-electron chi connectivity index (χ3n) is 7.56. The fourth-order valence-corrected chi connectivity index (χ4v) is 5.12. The topological polar surface area (TPSA) is 92.7 Å². The van der Waals surface area contributed by atoms with Crippen LogP contribution in [-0.4, -0.2) is 28.9 Å². The van der Waals surface area contributed by atoms with Gasteiger partial charge in [-0.25, -0.2) is 0 Å². The molecule has 1 aromatic heterocycles. The number of benzene rings is 3. The number of amides is 3. The number of hydrogen-bond acceptors (Lipinski definition) is 4. The highest BCUT2D eigenvalue weighted by Gasteiger charge is 2.35. The first-order chi connectivity index (χ1) is 20.1. The number of aromatic nitrogens is 1. The Morgan fingerprint density at radius 1 is 0.881 bits per heavy atom. The number of nitrogens with zero attached hydrogens (tertiary/aromatic N) is 2. The lowest BCUT2D eigenvalue weighted by atomic mass is 10.0. The van der Waals surface area contributed by atoms with E-state index in [4.69, 9.17) is 4.74 Å². The zero-order chi connectivity index (χ0) is 30.0. The van der Waals surface area contributed by atoms with Gasteiger partial charge in [0.2, 0.25) is 11.8 Å². The van der Waals surface area contributed by atoms with E-state index in [-0.39, 0.29) is 30.7 Å². The number of carbonyl (C=O) groups excluding carboxylic acids is 3. The van der Waals surface area contributed by atoms with Crippen molar-refractivity contribution in [2.75, 3.05) is 22.2 Å². The van der Waals surface area contributed by atoms with Gasteiger partial charge < -0.3 is 15.0 Å². The van der Waals surface area contributed by atoms with Gasteiger partial charge in [-0.05, 0) is 105 Å². The molecule has 8 heteroatoms. The lowest BCUT2D eigenvalue weighted by Crippen LogP contribution is -2.28. The van der Waals surface area contributed by atoms with Crippen LogP contribution < -0.4 is 20.4 Å². The zero-order valence-corrected chi connectivity index (χ0v) is 24.6. The molecule has 0 unspecified atom stereocenters. The molecule has 1 aliphatic heterocycles. The molecule has 1 atom stereocenters. The molecule has 8 nitrogen and oxygen atoms in total. The average Bonchev–Trinajstić information content (AvgIpc) is 3.51. The van der Waals surface area contributed by atoms with Crippen LogP contribution >= 0.6 is 0 Å². The Kier molecular flexibility index (Phi) is 8.15. The monoisotopic (exact) mass is 564 g/mol. The van der Waals surface area contributed by atoms with Crippen LogP contribution in [0.1, 0.15) is 59.1 Å². The first kappa shape index (κ1) is 28.7. The fraction of sp³-hybridized carbons (Fsp3) is 0.265. The molecule has 0 radical (unpaired) electrons. The largest absolute Gasteiger partial charge is 0.457 e. The molecule has 1 fully saturated rings. The second-order valence-corrected chi connectivity index (χ2v) is 11.2. The van der Waals surface area contributed by atoms with Gasteiger partial charge in [0.25, 0.3) is 5.91 Å². The summed E-state index contributed by atoms with van der Waals surface area (Å²) in [6.45, 7) is 10.4. The highest BCUT2D eigenvalue weighted by molar-refractivity contribution is 6.04. The number of rotatable bonds is 8. The van der Waals surface area contributed by atoms with Crippen molar-refractivity contribution in [3.63, 3.8) is 0 Å². The van der Waals surface area contributed by atoms with Crippen molar-refractivity contribution >= 4 is 29.1 Å². The number of carbonyl (C=O) groups is 3. The van der Waals surface area contributed by atoms with Gasteiger partial charge in [-0.2, -0.15) is 0 Å². The number of hydrogen-bond donors (Lipinski definition) is 2. The van der Waals surface area contributed by atoms with Crippen molar-refractivity contribution < 1.29 is 19.1 Å². The van der Waals surface area contributed by atoms with E-state index >= 15 is 0 Å². The number of ether oxygens (including phenoxy) is 1. The van der Waals surface area contributed by atoms with E-state index in [0.29, 0.717) is 22.9 Å². The highest BCUT2D eigenvalue weighted by Crippen LogP contribution is 2.33. The predicted octanol–water partition coefficient (Wildman–Crippen LogP) is 6.70. The van der Waals surface area contributed by atoms with Gasteiger partial charge in [-0.3, -0.25) is 24.5 Å². The quantitative estimate of drug-likeness (QED) is 0.249. The van der Waals surface area contributed by atoms with Crippen LogP contribution in [0.4, 0.5) is 11.4 Å². The minimum absolute atomic E-state index is 0.104. The molecule has 3 aromatic carbocycles. The Labute approximate surface area is 246 Å². The molecule has 2 heterocycles. The van der Waals surface area contributed by atoms with E-state index in [9.17, 15) is 14.4 Å². The average molecular weight is 565 g/mol. The van der Waals surface area contributed by atoms with Crippen LogP contribution in [0, 0.1) is 26.7 Å². The molecule has 0 spiro atoms. The lowest BCUT2D eigenvalue weighted by Gasteiger charge is -2.18. The summed E-state index contributed by atoms with van der Waals surface area (Å²) in [6.07, 6.45) is 0.126. The van der Waals surface area contributed by atoms with E-state index in [2.05, 4.69) is 36.7 Å². The SMILES string of the molecule is Cc1ccc(C(C)C)c(Oc2ccc(N3C[C@@H](C(=O)Nc4ccc(C(=O)Nn5c(C)ccc5C)cc4)CC3=O)cc2)c1. The molecule has 0 bridgehead atoms. The summed E-state index contributed by atoms with van der Waals surface area (Å²) < 4.78 is 7.92. The molecule has 0 aliphatic carbocycles. The van der Waals surface area contributed by atoms with Crippen LogP contribution in [0.15, 0.2) is 78.9 Å². The smallest absolute Gasteiger partial charge is 0.270 e.